The number of ketones is 1. The first-order valence-electron chi connectivity index (χ1n) is 11.8. The van der Waals surface area contributed by atoms with Gasteiger partial charge in [-0.25, -0.2) is 0 Å². The zero-order valence-electron chi connectivity index (χ0n) is 20.0. The second-order valence-electron chi connectivity index (χ2n) is 8.74. The fourth-order valence-electron chi connectivity index (χ4n) is 4.83. The molecule has 0 aliphatic carbocycles. The highest BCUT2D eigenvalue weighted by Crippen LogP contribution is 2.37. The van der Waals surface area contributed by atoms with Crippen LogP contribution in [0.25, 0.3) is 10.9 Å². The maximum absolute atomic E-state index is 14.1. The average molecular weight is 471 g/mol. The summed E-state index contributed by atoms with van der Waals surface area (Å²) in [6, 6.07) is 21.8. The van der Waals surface area contributed by atoms with Crippen LogP contribution in [0.2, 0.25) is 0 Å². The zero-order valence-corrected chi connectivity index (χ0v) is 20.0. The fourth-order valence-corrected chi connectivity index (χ4v) is 4.83. The number of aromatic nitrogens is 1. The van der Waals surface area contributed by atoms with Gasteiger partial charge in [-0.3, -0.25) is 9.69 Å². The van der Waals surface area contributed by atoms with Crippen LogP contribution in [-0.4, -0.2) is 42.1 Å². The van der Waals surface area contributed by atoms with Gasteiger partial charge in [-0.05, 0) is 24.1 Å². The molecule has 5 rings (SSSR count). The lowest BCUT2D eigenvalue weighted by molar-refractivity contribution is 0.0804. The van der Waals surface area contributed by atoms with Crippen molar-refractivity contribution >= 4 is 22.4 Å². The lowest BCUT2D eigenvalue weighted by atomic mass is 10.0. The minimum Gasteiger partial charge on any atom is -0.497 e. The number of benzene rings is 3. The molecule has 0 bridgehead atoms. The molecule has 35 heavy (non-hydrogen) atoms. The van der Waals surface area contributed by atoms with E-state index in [-0.39, 0.29) is 11.8 Å². The van der Waals surface area contributed by atoms with Crippen LogP contribution in [0.3, 0.4) is 0 Å². The first-order chi connectivity index (χ1) is 17.1. The number of methoxy groups -OCH3 is 1. The van der Waals surface area contributed by atoms with E-state index in [9.17, 15) is 4.79 Å². The molecule has 180 valence electrons. The van der Waals surface area contributed by atoms with Crippen molar-refractivity contribution in [1.82, 2.24) is 9.88 Å². The number of hydrogen-bond acceptors (Lipinski definition) is 6. The molecule has 2 atom stereocenters. The van der Waals surface area contributed by atoms with Gasteiger partial charge in [0.15, 0.2) is 0 Å². The third-order valence-electron chi connectivity index (χ3n) is 6.60. The van der Waals surface area contributed by atoms with Gasteiger partial charge in [0.05, 0.1) is 7.11 Å². The Labute approximate surface area is 204 Å². The number of hydrogen-bond donors (Lipinski definition) is 3. The molecular formula is C28H30N4O3. The summed E-state index contributed by atoms with van der Waals surface area (Å²) in [7, 11) is 1.61. The van der Waals surface area contributed by atoms with Gasteiger partial charge in [-0.1, -0.05) is 42.5 Å². The Morgan fingerprint density at radius 1 is 1.14 bits per heavy atom. The molecule has 4 N–H and O–H groups in total. The number of carbonyl (C=O) groups is 1. The van der Waals surface area contributed by atoms with Crippen LogP contribution in [0.4, 0.5) is 5.69 Å². The lowest BCUT2D eigenvalue weighted by Crippen LogP contribution is -2.45. The van der Waals surface area contributed by atoms with E-state index in [4.69, 9.17) is 15.2 Å². The molecule has 0 saturated heterocycles. The van der Waals surface area contributed by atoms with Crippen LogP contribution < -0.4 is 20.5 Å². The Morgan fingerprint density at radius 2 is 1.91 bits per heavy atom. The number of nitrogens with one attached hydrogen (secondary N) is 2. The second-order valence-corrected chi connectivity index (χ2v) is 8.74. The summed E-state index contributed by atoms with van der Waals surface area (Å²) in [4.78, 5) is 19.6. The fraction of sp³-hybridized carbons (Fsp3) is 0.250. The first kappa shape index (κ1) is 23.0. The van der Waals surface area contributed by atoms with E-state index in [1.165, 1.54) is 11.1 Å². The van der Waals surface area contributed by atoms with Gasteiger partial charge in [0, 0.05) is 65.7 Å². The largest absolute Gasteiger partial charge is 0.497 e. The van der Waals surface area contributed by atoms with Crippen molar-refractivity contribution < 1.29 is 14.3 Å². The number of rotatable bonds is 9. The minimum absolute atomic E-state index is 0.00523. The van der Waals surface area contributed by atoms with Gasteiger partial charge >= 0.3 is 0 Å². The number of aromatic amines is 1. The second kappa shape index (κ2) is 9.82. The van der Waals surface area contributed by atoms with Gasteiger partial charge in [0.1, 0.15) is 24.3 Å². The Morgan fingerprint density at radius 3 is 2.71 bits per heavy atom. The van der Waals surface area contributed by atoms with E-state index in [1.54, 1.807) is 13.3 Å². The van der Waals surface area contributed by atoms with Crippen molar-refractivity contribution in [2.45, 2.75) is 25.7 Å². The molecule has 4 aromatic rings. The minimum atomic E-state index is -0.605. The van der Waals surface area contributed by atoms with Crippen molar-refractivity contribution in [3.63, 3.8) is 0 Å². The van der Waals surface area contributed by atoms with Crippen LogP contribution >= 0.6 is 0 Å². The molecule has 3 aromatic carbocycles. The van der Waals surface area contributed by atoms with E-state index >= 15 is 0 Å². The summed E-state index contributed by atoms with van der Waals surface area (Å²) in [6.45, 7) is 3.61. The van der Waals surface area contributed by atoms with Gasteiger partial charge in [-0.2, -0.15) is 0 Å². The van der Waals surface area contributed by atoms with Crippen LogP contribution in [0.1, 0.15) is 34.5 Å². The molecule has 2 heterocycles. The lowest BCUT2D eigenvalue weighted by Gasteiger charge is -2.32. The van der Waals surface area contributed by atoms with Crippen LogP contribution in [-0.2, 0) is 6.54 Å². The Hall–Kier alpha value is -3.81. The van der Waals surface area contributed by atoms with E-state index in [2.05, 4.69) is 34.3 Å². The Kier molecular flexibility index (Phi) is 6.44. The number of nitrogens with two attached hydrogens (primary N) is 1. The number of Topliss-reactive ketones (excluding diaryl/α,β-unsaturated/α-hetero) is 1. The maximum Gasteiger partial charge on any atom is 0.202 e. The SMILES string of the molecule is COc1cc(NC(C(=O)c2c[nH]c3ccccc23)N2Cc3ccccc3C2C)cc(OCCN)c1. The van der Waals surface area contributed by atoms with Crippen molar-refractivity contribution in [2.75, 3.05) is 25.6 Å². The predicted molar refractivity (Wildman–Crippen MR) is 138 cm³/mol. The zero-order chi connectivity index (χ0) is 24.4. The third kappa shape index (κ3) is 4.48. The summed E-state index contributed by atoms with van der Waals surface area (Å²) in [6.07, 6.45) is 1.20. The molecule has 0 saturated carbocycles. The Bertz CT molecular complexity index is 1350. The van der Waals surface area contributed by atoms with Gasteiger partial charge < -0.3 is 25.5 Å². The molecule has 0 amide bonds. The number of carbonyl (C=O) groups excluding carboxylic acids is 1. The summed E-state index contributed by atoms with van der Waals surface area (Å²) in [5.41, 5.74) is 10.4. The number of fused-ring (bicyclic) bond motifs is 2. The number of para-hydroxylation sites is 1. The van der Waals surface area contributed by atoms with Crippen LogP contribution in [0.5, 0.6) is 11.5 Å². The van der Waals surface area contributed by atoms with E-state index < -0.39 is 6.17 Å². The predicted octanol–water partition coefficient (Wildman–Crippen LogP) is 4.71. The van der Waals surface area contributed by atoms with E-state index in [0.717, 1.165) is 16.6 Å². The molecule has 0 spiro atoms. The normalized spacial score (nSPS) is 16.1. The van der Waals surface area contributed by atoms with Gasteiger partial charge in [0.25, 0.3) is 0 Å². The molecule has 2 unspecified atom stereocenters. The quantitative estimate of drug-likeness (QED) is 0.307. The van der Waals surface area contributed by atoms with Crippen molar-refractivity contribution in [3.8, 4) is 11.5 Å². The molecule has 0 fully saturated rings. The molecule has 1 aliphatic rings. The molecular weight excluding hydrogens is 440 g/mol. The Balaban J connectivity index is 1.54. The monoisotopic (exact) mass is 470 g/mol. The highest BCUT2D eigenvalue weighted by Gasteiger charge is 2.37. The van der Waals surface area contributed by atoms with Crippen molar-refractivity contribution in [2.24, 2.45) is 5.73 Å². The van der Waals surface area contributed by atoms with E-state index in [1.807, 2.05) is 54.6 Å². The summed E-state index contributed by atoms with van der Waals surface area (Å²) < 4.78 is 11.2. The number of anilines is 1. The topological polar surface area (TPSA) is 92.6 Å². The number of H-pyrrole nitrogens is 1. The summed E-state index contributed by atoms with van der Waals surface area (Å²) >= 11 is 0. The first-order valence-corrected chi connectivity index (χ1v) is 11.8. The average Bonchev–Trinajstić information content (AvgIpc) is 3.47. The van der Waals surface area contributed by atoms with Gasteiger partial charge in [-0.15, -0.1) is 0 Å². The van der Waals surface area contributed by atoms with Crippen molar-refractivity contribution in [1.29, 1.82) is 0 Å². The molecule has 7 nitrogen and oxygen atoms in total. The number of nitrogens with zero attached hydrogens (tertiary/aromatic N) is 1. The van der Waals surface area contributed by atoms with Crippen molar-refractivity contribution in [3.05, 3.63) is 89.6 Å². The van der Waals surface area contributed by atoms with Crippen LogP contribution in [0.15, 0.2) is 72.9 Å². The molecule has 1 aromatic heterocycles. The highest BCUT2D eigenvalue weighted by atomic mass is 16.5. The standard InChI is InChI=1S/C28H30N4O3/c1-18-23-8-4-3-7-19(23)17-32(18)28(27(33)25-16-30-26-10-6-5-9-24(25)26)31-20-13-21(34-2)15-22(14-20)35-12-11-29/h3-10,13-16,18,28,30-31H,11-12,17,29H2,1-2H3. The van der Waals surface area contributed by atoms with Crippen LogP contribution in [0, 0.1) is 0 Å². The smallest absolute Gasteiger partial charge is 0.202 e. The van der Waals surface area contributed by atoms with Gasteiger partial charge in [0.2, 0.25) is 5.78 Å². The maximum atomic E-state index is 14.1. The van der Waals surface area contributed by atoms with E-state index in [0.29, 0.717) is 36.8 Å². The summed E-state index contributed by atoms with van der Waals surface area (Å²) in [5.74, 6) is 1.26. The summed E-state index contributed by atoms with van der Waals surface area (Å²) in [5, 5.41) is 4.41. The highest BCUT2D eigenvalue weighted by molar-refractivity contribution is 6.11. The number of ether oxygens (including phenoxy) is 2. The molecule has 7 heteroatoms. The molecule has 0 radical (unpaired) electrons. The molecule has 1 aliphatic heterocycles. The third-order valence-corrected chi connectivity index (χ3v) is 6.60.